The molecule has 27 heavy (non-hydrogen) atoms. The zero-order chi connectivity index (χ0) is 19.8. The Hall–Kier alpha value is -3.48. The topological polar surface area (TPSA) is 84.5 Å². The molecule has 0 aliphatic rings. The summed E-state index contributed by atoms with van der Waals surface area (Å²) in [6.45, 7) is 3.16. The van der Waals surface area contributed by atoms with E-state index in [-0.39, 0.29) is 5.82 Å². The van der Waals surface area contributed by atoms with Crippen LogP contribution in [0.3, 0.4) is 0 Å². The predicted octanol–water partition coefficient (Wildman–Crippen LogP) is 3.35. The number of ether oxygens (including phenoxy) is 1. The number of halogens is 1. The summed E-state index contributed by atoms with van der Waals surface area (Å²) >= 11 is 0. The van der Waals surface area contributed by atoms with Crippen LogP contribution in [-0.2, 0) is 14.3 Å². The van der Waals surface area contributed by atoms with E-state index in [0.29, 0.717) is 11.3 Å². The van der Waals surface area contributed by atoms with Crippen LogP contribution in [0.2, 0.25) is 0 Å². The molecule has 0 heterocycles. The van der Waals surface area contributed by atoms with Gasteiger partial charge in [-0.15, -0.1) is 0 Å². The summed E-state index contributed by atoms with van der Waals surface area (Å²) in [5.74, 6) is -1.91. The average molecular weight is 370 g/mol. The highest BCUT2D eigenvalue weighted by Gasteiger charge is 2.11. The summed E-state index contributed by atoms with van der Waals surface area (Å²) in [6.07, 6.45) is 2.53. The van der Waals surface area contributed by atoms with Crippen LogP contribution >= 0.6 is 0 Å². The molecule has 140 valence electrons. The van der Waals surface area contributed by atoms with E-state index < -0.39 is 24.5 Å². The van der Waals surface area contributed by atoms with Gasteiger partial charge in [0.1, 0.15) is 5.82 Å². The number of nitrogens with one attached hydrogen (secondary N) is 2. The number of imide groups is 1. The van der Waals surface area contributed by atoms with Gasteiger partial charge in [0.2, 0.25) is 0 Å². The summed E-state index contributed by atoms with van der Waals surface area (Å²) in [5, 5.41) is 4.62. The van der Waals surface area contributed by atoms with E-state index in [4.69, 9.17) is 4.74 Å². The molecule has 0 bridgehead atoms. The minimum atomic E-state index is -0.763. The van der Waals surface area contributed by atoms with Crippen molar-refractivity contribution in [3.63, 3.8) is 0 Å². The number of urea groups is 1. The number of benzene rings is 2. The molecule has 2 rings (SSSR count). The van der Waals surface area contributed by atoms with Crippen LogP contribution in [0.15, 0.2) is 48.5 Å². The molecule has 7 heteroatoms. The Bertz CT molecular complexity index is 876. The Balaban J connectivity index is 1.77. The Morgan fingerprint density at radius 3 is 2.44 bits per heavy atom. The maximum absolute atomic E-state index is 12.8. The summed E-state index contributed by atoms with van der Waals surface area (Å²) in [6, 6.07) is 10.2. The Morgan fingerprint density at radius 2 is 1.78 bits per heavy atom. The molecule has 0 aliphatic heterocycles. The third kappa shape index (κ3) is 6.74. The lowest BCUT2D eigenvalue weighted by Gasteiger charge is -2.09. The van der Waals surface area contributed by atoms with E-state index in [0.717, 1.165) is 17.2 Å². The maximum atomic E-state index is 12.8. The smallest absolute Gasteiger partial charge is 0.331 e. The number of esters is 1. The maximum Gasteiger partial charge on any atom is 0.331 e. The van der Waals surface area contributed by atoms with Crippen molar-refractivity contribution in [1.82, 2.24) is 5.32 Å². The lowest BCUT2D eigenvalue weighted by atomic mass is 10.1. The second kappa shape index (κ2) is 9.28. The monoisotopic (exact) mass is 370 g/mol. The number of carbonyl (C=O) groups excluding carboxylic acids is 3. The molecule has 2 N–H and O–H groups in total. The molecule has 0 saturated heterocycles. The zero-order valence-electron chi connectivity index (χ0n) is 14.9. The number of aryl methyl sites for hydroxylation is 2. The van der Waals surface area contributed by atoms with Gasteiger partial charge in [0.05, 0.1) is 0 Å². The highest BCUT2D eigenvalue weighted by atomic mass is 19.1. The molecule has 0 unspecified atom stereocenters. The van der Waals surface area contributed by atoms with Gasteiger partial charge in [-0.1, -0.05) is 29.8 Å². The fourth-order valence-corrected chi connectivity index (χ4v) is 2.19. The van der Waals surface area contributed by atoms with Crippen LogP contribution in [0, 0.1) is 19.7 Å². The Kier molecular flexibility index (Phi) is 6.82. The minimum Gasteiger partial charge on any atom is -0.452 e. The molecule has 0 saturated carbocycles. The van der Waals surface area contributed by atoms with E-state index in [1.54, 1.807) is 6.07 Å². The van der Waals surface area contributed by atoms with E-state index in [1.807, 2.05) is 26.0 Å². The van der Waals surface area contributed by atoms with Crippen LogP contribution in [0.1, 0.15) is 16.7 Å². The van der Waals surface area contributed by atoms with Crippen LogP contribution < -0.4 is 10.6 Å². The predicted molar refractivity (Wildman–Crippen MR) is 99.5 cm³/mol. The molecular weight excluding hydrogens is 351 g/mol. The van der Waals surface area contributed by atoms with Crippen LogP contribution in [0.4, 0.5) is 14.9 Å². The first-order valence-corrected chi connectivity index (χ1v) is 8.12. The summed E-state index contributed by atoms with van der Waals surface area (Å²) in [7, 11) is 0. The van der Waals surface area contributed by atoms with Crippen molar-refractivity contribution in [3.05, 3.63) is 71.0 Å². The largest absolute Gasteiger partial charge is 0.452 e. The molecule has 2 aromatic rings. The normalized spacial score (nSPS) is 10.5. The summed E-state index contributed by atoms with van der Waals surface area (Å²) < 4.78 is 17.5. The van der Waals surface area contributed by atoms with Gasteiger partial charge in [-0.2, -0.15) is 0 Å². The van der Waals surface area contributed by atoms with Crippen LogP contribution in [0.25, 0.3) is 6.08 Å². The van der Waals surface area contributed by atoms with Crippen molar-refractivity contribution in [2.75, 3.05) is 11.9 Å². The number of amides is 3. The Morgan fingerprint density at radius 1 is 1.07 bits per heavy atom. The zero-order valence-corrected chi connectivity index (χ0v) is 14.9. The van der Waals surface area contributed by atoms with E-state index >= 15 is 0 Å². The molecule has 2 aromatic carbocycles. The molecular formula is C20H19FN2O4. The first-order valence-electron chi connectivity index (χ1n) is 8.12. The van der Waals surface area contributed by atoms with Crippen molar-refractivity contribution in [2.24, 2.45) is 0 Å². The molecule has 0 fully saturated rings. The van der Waals surface area contributed by atoms with E-state index in [9.17, 15) is 18.8 Å². The number of carbonyl (C=O) groups is 3. The van der Waals surface area contributed by atoms with Gasteiger partial charge in [-0.25, -0.2) is 14.0 Å². The van der Waals surface area contributed by atoms with E-state index in [2.05, 4.69) is 10.6 Å². The number of hydrogen-bond donors (Lipinski definition) is 2. The highest BCUT2D eigenvalue weighted by molar-refractivity contribution is 6.02. The third-order valence-electron chi connectivity index (χ3n) is 3.51. The standard InChI is InChI=1S/C20H19FN2O4/c1-13-3-9-17(14(2)11-13)22-20(26)23-18(24)12-27-19(25)10-6-15-4-7-16(21)8-5-15/h3-11H,12H2,1-2H3,(H2,22,23,24,26)/b10-6-. The molecule has 0 aromatic heterocycles. The quantitative estimate of drug-likeness (QED) is 0.624. The van der Waals surface area contributed by atoms with Gasteiger partial charge < -0.3 is 10.1 Å². The van der Waals surface area contributed by atoms with Crippen LogP contribution in [-0.4, -0.2) is 24.5 Å². The van der Waals surface area contributed by atoms with Crippen molar-refractivity contribution >= 4 is 29.7 Å². The summed E-state index contributed by atoms with van der Waals surface area (Å²) in [5.41, 5.74) is 3.08. The van der Waals surface area contributed by atoms with Crippen molar-refractivity contribution in [2.45, 2.75) is 13.8 Å². The molecule has 3 amide bonds. The lowest BCUT2D eigenvalue weighted by Crippen LogP contribution is -2.37. The van der Waals surface area contributed by atoms with Gasteiger partial charge >= 0.3 is 12.0 Å². The molecule has 0 spiro atoms. The van der Waals surface area contributed by atoms with Gasteiger partial charge in [-0.05, 0) is 49.2 Å². The minimum absolute atomic E-state index is 0.384. The Labute approximate surface area is 156 Å². The summed E-state index contributed by atoms with van der Waals surface area (Å²) in [4.78, 5) is 35.1. The average Bonchev–Trinajstić information content (AvgIpc) is 2.62. The number of hydrogen-bond acceptors (Lipinski definition) is 4. The van der Waals surface area contributed by atoms with Gasteiger partial charge in [0, 0.05) is 11.8 Å². The first kappa shape index (κ1) is 19.8. The fraction of sp³-hybridized carbons (Fsp3) is 0.150. The van der Waals surface area contributed by atoms with Crippen LogP contribution in [0.5, 0.6) is 0 Å². The second-order valence-corrected chi connectivity index (χ2v) is 5.81. The third-order valence-corrected chi connectivity index (χ3v) is 3.51. The van der Waals surface area contributed by atoms with Crippen molar-refractivity contribution in [1.29, 1.82) is 0 Å². The SMILES string of the molecule is Cc1ccc(NC(=O)NC(=O)COC(=O)/C=C\c2ccc(F)cc2)c(C)c1. The highest BCUT2D eigenvalue weighted by Crippen LogP contribution is 2.15. The lowest BCUT2D eigenvalue weighted by molar-refractivity contribution is -0.143. The van der Waals surface area contributed by atoms with Gasteiger partial charge in [0.15, 0.2) is 6.61 Å². The first-order chi connectivity index (χ1) is 12.8. The second-order valence-electron chi connectivity index (χ2n) is 5.81. The van der Waals surface area contributed by atoms with Crippen molar-refractivity contribution in [3.8, 4) is 0 Å². The fourth-order valence-electron chi connectivity index (χ4n) is 2.19. The molecule has 6 nitrogen and oxygen atoms in total. The van der Waals surface area contributed by atoms with Gasteiger partial charge in [0.25, 0.3) is 5.91 Å². The number of rotatable bonds is 5. The van der Waals surface area contributed by atoms with E-state index in [1.165, 1.54) is 30.3 Å². The molecule has 0 atom stereocenters. The molecule has 0 aliphatic carbocycles. The number of anilines is 1. The molecule has 0 radical (unpaired) electrons. The van der Waals surface area contributed by atoms with Crippen molar-refractivity contribution < 1.29 is 23.5 Å². The van der Waals surface area contributed by atoms with Gasteiger partial charge in [-0.3, -0.25) is 10.1 Å².